The zero-order valence-corrected chi connectivity index (χ0v) is 12.5. The van der Waals surface area contributed by atoms with Crippen LogP contribution in [0.3, 0.4) is 0 Å². The average Bonchev–Trinajstić information content (AvgIpc) is 2.78. The van der Waals surface area contributed by atoms with Crippen LogP contribution in [0.25, 0.3) is 0 Å². The lowest BCUT2D eigenvalue weighted by atomic mass is 10.1. The van der Waals surface area contributed by atoms with E-state index in [2.05, 4.69) is 21.0 Å². The molecule has 6 heteroatoms. The third-order valence-electron chi connectivity index (χ3n) is 2.92. The lowest BCUT2D eigenvalue weighted by Crippen LogP contribution is -2.08. The number of nitrogens with zero attached hydrogens (tertiary/aromatic N) is 2. The maximum Gasteiger partial charge on any atom is 0.162 e. The third-order valence-corrected chi connectivity index (χ3v) is 3.54. The first-order valence-electron chi connectivity index (χ1n) is 5.66. The van der Waals surface area contributed by atoms with E-state index in [9.17, 15) is 5.11 Å². The van der Waals surface area contributed by atoms with E-state index in [4.69, 9.17) is 9.47 Å². The summed E-state index contributed by atoms with van der Waals surface area (Å²) in [4.78, 5) is 0. The highest BCUT2D eigenvalue weighted by atomic mass is 79.9. The first-order chi connectivity index (χ1) is 9.08. The summed E-state index contributed by atoms with van der Waals surface area (Å²) in [5, 5.41) is 14.5. The number of ether oxygens (including phenoxy) is 2. The van der Waals surface area contributed by atoms with Gasteiger partial charge < -0.3 is 14.6 Å². The topological polar surface area (TPSA) is 56.5 Å². The van der Waals surface area contributed by atoms with Crippen LogP contribution in [0.15, 0.2) is 28.9 Å². The van der Waals surface area contributed by atoms with Gasteiger partial charge in [0.15, 0.2) is 5.75 Å². The van der Waals surface area contributed by atoms with Gasteiger partial charge in [-0.1, -0.05) is 6.07 Å². The zero-order chi connectivity index (χ0) is 14.0. The number of aliphatic hydroxyl groups is 1. The van der Waals surface area contributed by atoms with Crippen LogP contribution >= 0.6 is 15.9 Å². The highest BCUT2D eigenvalue weighted by molar-refractivity contribution is 9.10. The second kappa shape index (κ2) is 5.63. The Bertz CT molecular complexity index is 583. The molecule has 0 bridgehead atoms. The molecule has 1 N–H and O–H groups in total. The maximum absolute atomic E-state index is 10.5. The first-order valence-corrected chi connectivity index (χ1v) is 6.45. The van der Waals surface area contributed by atoms with Crippen molar-refractivity contribution in [3.63, 3.8) is 0 Å². The molecule has 0 radical (unpaired) electrons. The number of benzene rings is 1. The fourth-order valence-electron chi connectivity index (χ4n) is 1.91. The minimum atomic E-state index is -0.815. The molecule has 1 aromatic carbocycles. The Labute approximate surface area is 119 Å². The van der Waals surface area contributed by atoms with Crippen molar-refractivity contribution in [1.29, 1.82) is 0 Å². The Morgan fingerprint density at radius 1 is 1.26 bits per heavy atom. The van der Waals surface area contributed by atoms with Crippen molar-refractivity contribution in [3.05, 3.63) is 40.1 Å². The number of aryl methyl sites for hydroxylation is 1. The summed E-state index contributed by atoms with van der Waals surface area (Å²) in [5.41, 5.74) is 1.34. The van der Waals surface area contributed by atoms with Crippen molar-refractivity contribution >= 4 is 15.9 Å². The van der Waals surface area contributed by atoms with E-state index >= 15 is 0 Å². The van der Waals surface area contributed by atoms with E-state index in [1.165, 1.54) is 0 Å². The van der Waals surface area contributed by atoms with Gasteiger partial charge in [0.2, 0.25) is 0 Å². The molecule has 19 heavy (non-hydrogen) atoms. The normalized spacial score (nSPS) is 12.3. The molecular weight excluding hydrogens is 312 g/mol. The Hall–Kier alpha value is -1.53. The van der Waals surface area contributed by atoms with Crippen LogP contribution in [-0.4, -0.2) is 29.1 Å². The third kappa shape index (κ3) is 2.59. The molecular formula is C13H15BrN2O3. The van der Waals surface area contributed by atoms with Gasteiger partial charge in [0, 0.05) is 7.05 Å². The first kappa shape index (κ1) is 13.9. The Kier molecular flexibility index (Phi) is 4.11. The molecule has 0 fully saturated rings. The Balaban J connectivity index is 2.41. The molecule has 1 unspecified atom stereocenters. The summed E-state index contributed by atoms with van der Waals surface area (Å²) in [6.45, 7) is 0. The fourth-order valence-corrected chi connectivity index (χ4v) is 2.46. The van der Waals surface area contributed by atoms with Crippen molar-refractivity contribution in [2.45, 2.75) is 6.10 Å². The van der Waals surface area contributed by atoms with Gasteiger partial charge in [0.1, 0.15) is 17.5 Å². The van der Waals surface area contributed by atoms with Crippen LogP contribution in [0.4, 0.5) is 0 Å². The number of rotatable bonds is 4. The van der Waals surface area contributed by atoms with Crippen LogP contribution in [0.1, 0.15) is 17.4 Å². The summed E-state index contributed by atoms with van der Waals surface area (Å²) in [6, 6.07) is 5.42. The van der Waals surface area contributed by atoms with Crippen molar-refractivity contribution in [1.82, 2.24) is 9.78 Å². The van der Waals surface area contributed by atoms with Crippen LogP contribution in [0.2, 0.25) is 0 Å². The molecule has 0 aliphatic rings. The van der Waals surface area contributed by atoms with E-state index in [1.54, 1.807) is 44.3 Å². The lowest BCUT2D eigenvalue weighted by Gasteiger charge is -2.14. The van der Waals surface area contributed by atoms with E-state index in [0.29, 0.717) is 17.2 Å². The van der Waals surface area contributed by atoms with Gasteiger partial charge in [-0.2, -0.15) is 5.10 Å². The quantitative estimate of drug-likeness (QED) is 0.936. The van der Waals surface area contributed by atoms with Gasteiger partial charge in [-0.3, -0.25) is 4.68 Å². The number of aliphatic hydroxyl groups excluding tert-OH is 1. The number of halogens is 1. The molecule has 1 atom stereocenters. The zero-order valence-electron chi connectivity index (χ0n) is 10.9. The molecule has 2 aromatic rings. The molecule has 0 spiro atoms. The van der Waals surface area contributed by atoms with Crippen LogP contribution < -0.4 is 9.47 Å². The average molecular weight is 327 g/mol. The van der Waals surface area contributed by atoms with Crippen LogP contribution in [-0.2, 0) is 7.05 Å². The fraction of sp³-hybridized carbons (Fsp3) is 0.308. The summed E-state index contributed by atoms with van der Waals surface area (Å²) >= 11 is 3.40. The molecule has 2 rings (SSSR count). The molecule has 0 saturated carbocycles. The standard InChI is InChI=1S/C13H15BrN2O3/c1-16-12(11(19-3)7-15-16)13(17)8-4-5-10(18-2)9(14)6-8/h4-7,13,17H,1-3H3. The van der Waals surface area contributed by atoms with E-state index in [0.717, 1.165) is 10.0 Å². The largest absolute Gasteiger partial charge is 0.496 e. The minimum absolute atomic E-state index is 0.557. The predicted octanol–water partition coefficient (Wildman–Crippen LogP) is 2.28. The number of aromatic nitrogens is 2. The molecule has 1 heterocycles. The molecule has 0 aliphatic heterocycles. The van der Waals surface area contributed by atoms with Crippen molar-refractivity contribution in [2.75, 3.05) is 14.2 Å². The number of hydrogen-bond acceptors (Lipinski definition) is 4. The summed E-state index contributed by atoms with van der Waals surface area (Å²) < 4.78 is 12.8. The Morgan fingerprint density at radius 3 is 2.53 bits per heavy atom. The van der Waals surface area contributed by atoms with Gasteiger partial charge in [-0.25, -0.2) is 0 Å². The van der Waals surface area contributed by atoms with Gasteiger partial charge >= 0.3 is 0 Å². The second-order valence-corrected chi connectivity index (χ2v) is 4.87. The predicted molar refractivity (Wildman–Crippen MR) is 74.5 cm³/mol. The summed E-state index contributed by atoms with van der Waals surface area (Å²) in [6.07, 6.45) is 0.765. The van der Waals surface area contributed by atoms with Crippen LogP contribution in [0, 0.1) is 0 Å². The summed E-state index contributed by atoms with van der Waals surface area (Å²) in [7, 11) is 4.91. The lowest BCUT2D eigenvalue weighted by molar-refractivity contribution is 0.204. The molecule has 0 aliphatic carbocycles. The second-order valence-electron chi connectivity index (χ2n) is 4.02. The van der Waals surface area contributed by atoms with E-state index in [1.807, 2.05) is 6.07 Å². The van der Waals surface area contributed by atoms with E-state index < -0.39 is 6.10 Å². The number of methoxy groups -OCH3 is 2. The van der Waals surface area contributed by atoms with Crippen molar-refractivity contribution in [2.24, 2.45) is 7.05 Å². The van der Waals surface area contributed by atoms with Gasteiger partial charge in [-0.05, 0) is 33.6 Å². The smallest absolute Gasteiger partial charge is 0.162 e. The molecule has 0 amide bonds. The van der Waals surface area contributed by atoms with E-state index in [-0.39, 0.29) is 0 Å². The summed E-state index contributed by atoms with van der Waals surface area (Å²) in [5.74, 6) is 1.27. The Morgan fingerprint density at radius 2 is 1.95 bits per heavy atom. The van der Waals surface area contributed by atoms with Gasteiger partial charge in [-0.15, -0.1) is 0 Å². The highest BCUT2D eigenvalue weighted by Crippen LogP contribution is 2.33. The highest BCUT2D eigenvalue weighted by Gasteiger charge is 2.20. The SMILES string of the molecule is COc1ccc(C(O)c2c(OC)cnn2C)cc1Br. The molecule has 0 saturated heterocycles. The maximum atomic E-state index is 10.5. The van der Waals surface area contributed by atoms with Crippen LogP contribution in [0.5, 0.6) is 11.5 Å². The molecule has 102 valence electrons. The van der Waals surface area contributed by atoms with Gasteiger partial charge in [0.05, 0.1) is 24.9 Å². The number of hydrogen-bond donors (Lipinski definition) is 1. The van der Waals surface area contributed by atoms with Gasteiger partial charge in [0.25, 0.3) is 0 Å². The monoisotopic (exact) mass is 326 g/mol. The molecule has 5 nitrogen and oxygen atoms in total. The van der Waals surface area contributed by atoms with Crippen molar-refractivity contribution < 1.29 is 14.6 Å². The van der Waals surface area contributed by atoms with Crippen molar-refractivity contribution in [3.8, 4) is 11.5 Å². The molecule has 1 aromatic heterocycles. The minimum Gasteiger partial charge on any atom is -0.496 e.